The average Bonchev–Trinajstić information content (AvgIpc) is 2.77. The van der Waals surface area contributed by atoms with Crippen LogP contribution in [0.15, 0.2) is 35.0 Å². The Balaban J connectivity index is 2.38. The third-order valence-corrected chi connectivity index (χ3v) is 6.39. The number of aryl methyl sites for hydroxylation is 1. The van der Waals surface area contributed by atoms with E-state index < -0.39 is 0 Å². The molecule has 0 unspecified atom stereocenters. The number of anilines is 1. The summed E-state index contributed by atoms with van der Waals surface area (Å²) < 4.78 is 5.77. The minimum atomic E-state index is -0.226. The first-order chi connectivity index (χ1) is 16.0. The third kappa shape index (κ3) is 7.04. The maximum absolute atomic E-state index is 13.3. The van der Waals surface area contributed by atoms with Crippen molar-refractivity contribution in [3.8, 4) is 5.75 Å². The fourth-order valence-corrected chi connectivity index (χ4v) is 4.18. The molecule has 9 heteroatoms. The molecule has 2 aromatic rings. The molecule has 0 spiro atoms. The second-order valence-electron chi connectivity index (χ2n) is 8.83. The number of nitrogens with zero attached hydrogens (tertiary/aromatic N) is 3. The number of carbonyl (C=O) groups is 2. The van der Waals surface area contributed by atoms with Crippen molar-refractivity contribution in [1.82, 2.24) is 14.9 Å². The number of carbonyl (C=O) groups excluding carboxylic acids is 2. The second kappa shape index (κ2) is 12.0. The van der Waals surface area contributed by atoms with Crippen LogP contribution in [0.5, 0.6) is 5.75 Å². The number of nitrogen functional groups attached to an aromatic ring is 1. The van der Waals surface area contributed by atoms with Crippen molar-refractivity contribution < 1.29 is 19.4 Å². The van der Waals surface area contributed by atoms with E-state index in [2.05, 4.69) is 30.7 Å². The van der Waals surface area contributed by atoms with Gasteiger partial charge < -0.3 is 20.5 Å². The number of allylic oxidation sites excluding steroid dienone is 1. The number of hydrogen-bond acceptors (Lipinski definition) is 8. The van der Waals surface area contributed by atoms with Gasteiger partial charge in [0.1, 0.15) is 17.4 Å². The number of aromatic nitrogens is 2. The SMILES string of the molecule is CCOc1cc(C(C)(C)C)ccc1C(=O)S/C(CCO)=C(/C)N(C=O)Cc1cnc(C)nc1N. The van der Waals surface area contributed by atoms with Crippen LogP contribution in [0.4, 0.5) is 5.82 Å². The number of ether oxygens (including phenoxy) is 1. The van der Waals surface area contributed by atoms with Crippen LogP contribution in [0.25, 0.3) is 0 Å². The van der Waals surface area contributed by atoms with Gasteiger partial charge in [0.15, 0.2) is 0 Å². The van der Waals surface area contributed by atoms with E-state index in [-0.39, 0.29) is 30.1 Å². The molecule has 0 aliphatic rings. The molecule has 2 rings (SSSR count). The molecule has 1 amide bonds. The second-order valence-corrected chi connectivity index (χ2v) is 9.89. The van der Waals surface area contributed by atoms with E-state index in [1.807, 2.05) is 19.1 Å². The van der Waals surface area contributed by atoms with Gasteiger partial charge in [0.2, 0.25) is 11.5 Å². The number of hydrogen-bond donors (Lipinski definition) is 2. The third-order valence-electron chi connectivity index (χ3n) is 5.24. The molecule has 8 nitrogen and oxygen atoms in total. The van der Waals surface area contributed by atoms with E-state index >= 15 is 0 Å². The largest absolute Gasteiger partial charge is 0.493 e. The topological polar surface area (TPSA) is 119 Å². The molecule has 0 fully saturated rings. The van der Waals surface area contributed by atoms with Crippen molar-refractivity contribution in [2.75, 3.05) is 18.9 Å². The quantitative estimate of drug-likeness (QED) is 0.480. The predicted octanol–water partition coefficient (Wildman–Crippen LogP) is 4.21. The van der Waals surface area contributed by atoms with Crippen molar-refractivity contribution in [3.63, 3.8) is 0 Å². The maximum atomic E-state index is 13.3. The molecule has 0 bridgehead atoms. The van der Waals surface area contributed by atoms with Gasteiger partial charge in [-0.15, -0.1) is 0 Å². The summed E-state index contributed by atoms with van der Waals surface area (Å²) in [4.78, 5) is 35.5. The smallest absolute Gasteiger partial charge is 0.227 e. The number of benzene rings is 1. The molecule has 34 heavy (non-hydrogen) atoms. The van der Waals surface area contributed by atoms with Gasteiger partial charge in [-0.1, -0.05) is 26.8 Å². The van der Waals surface area contributed by atoms with Gasteiger partial charge in [0.25, 0.3) is 0 Å². The molecule has 1 aromatic heterocycles. The van der Waals surface area contributed by atoms with Gasteiger partial charge in [-0.2, -0.15) is 0 Å². The van der Waals surface area contributed by atoms with Gasteiger partial charge in [-0.05, 0) is 55.6 Å². The fourth-order valence-electron chi connectivity index (χ4n) is 3.22. The molecule has 0 saturated carbocycles. The Kier molecular flexibility index (Phi) is 9.64. The lowest BCUT2D eigenvalue weighted by atomic mass is 9.86. The summed E-state index contributed by atoms with van der Waals surface area (Å²) in [6.07, 6.45) is 2.47. The van der Waals surface area contributed by atoms with Crippen LogP contribution in [-0.2, 0) is 16.8 Å². The highest BCUT2D eigenvalue weighted by molar-refractivity contribution is 8.17. The van der Waals surface area contributed by atoms with Gasteiger partial charge in [0, 0.05) is 35.4 Å². The van der Waals surface area contributed by atoms with E-state index in [9.17, 15) is 14.7 Å². The van der Waals surface area contributed by atoms with E-state index in [0.717, 1.165) is 17.3 Å². The average molecular weight is 487 g/mol. The highest BCUT2D eigenvalue weighted by Crippen LogP contribution is 2.34. The molecule has 0 atom stereocenters. The lowest BCUT2D eigenvalue weighted by molar-refractivity contribution is -0.116. The molecular formula is C25H34N4O4S. The molecule has 1 heterocycles. The first-order valence-electron chi connectivity index (χ1n) is 11.1. The maximum Gasteiger partial charge on any atom is 0.227 e. The Bertz CT molecular complexity index is 1060. The number of amides is 1. The summed E-state index contributed by atoms with van der Waals surface area (Å²) in [6.45, 7) is 12.0. The van der Waals surface area contributed by atoms with E-state index in [1.54, 1.807) is 26.1 Å². The lowest BCUT2D eigenvalue weighted by Crippen LogP contribution is -2.22. The molecule has 1 aromatic carbocycles. The van der Waals surface area contributed by atoms with Crippen molar-refractivity contribution in [1.29, 1.82) is 0 Å². The van der Waals surface area contributed by atoms with Crippen molar-refractivity contribution in [3.05, 3.63) is 57.5 Å². The molecule has 0 radical (unpaired) electrons. The zero-order valence-corrected chi connectivity index (χ0v) is 21.5. The molecule has 184 valence electrons. The van der Waals surface area contributed by atoms with E-state index in [0.29, 0.717) is 52.1 Å². The summed E-state index contributed by atoms with van der Waals surface area (Å²) in [5.74, 6) is 1.35. The highest BCUT2D eigenvalue weighted by Gasteiger charge is 2.22. The number of thioether (sulfide) groups is 1. The number of aliphatic hydroxyl groups excluding tert-OH is 1. The standard InChI is InChI=1S/C25H34N4O4S/c1-7-33-21-12-19(25(4,5)6)8-9-20(21)24(32)34-22(10-11-30)16(2)29(15-31)14-18-13-27-17(3)28-23(18)26/h8-9,12-13,15,30H,7,10-11,14H2,1-6H3,(H2,26,27,28)/b22-16-. The van der Waals surface area contributed by atoms with Crippen molar-refractivity contribution >= 4 is 29.1 Å². The fraction of sp³-hybridized carbons (Fsp3) is 0.440. The molecule has 0 aliphatic carbocycles. The summed E-state index contributed by atoms with van der Waals surface area (Å²) in [5, 5.41) is 9.40. The molecule has 3 N–H and O–H groups in total. The van der Waals surface area contributed by atoms with E-state index in [1.165, 1.54) is 4.90 Å². The van der Waals surface area contributed by atoms with Crippen molar-refractivity contribution in [2.45, 2.75) is 59.9 Å². The minimum Gasteiger partial charge on any atom is -0.493 e. The first-order valence-corrected chi connectivity index (χ1v) is 11.9. The van der Waals surface area contributed by atoms with Crippen LogP contribution >= 0.6 is 11.8 Å². The molecule has 0 aliphatic heterocycles. The molecule has 0 saturated heterocycles. The van der Waals surface area contributed by atoms with Crippen LogP contribution in [0.2, 0.25) is 0 Å². The zero-order valence-electron chi connectivity index (χ0n) is 20.7. The van der Waals surface area contributed by atoms with Crippen LogP contribution in [0.1, 0.15) is 68.3 Å². The highest BCUT2D eigenvalue weighted by atomic mass is 32.2. The molecular weight excluding hydrogens is 452 g/mol. The van der Waals surface area contributed by atoms with Crippen molar-refractivity contribution in [2.24, 2.45) is 0 Å². The summed E-state index contributed by atoms with van der Waals surface area (Å²) in [7, 11) is 0. The summed E-state index contributed by atoms with van der Waals surface area (Å²) >= 11 is 0.982. The van der Waals surface area contributed by atoms with Gasteiger partial charge in [-0.25, -0.2) is 9.97 Å². The Labute approximate surface area is 205 Å². The normalized spacial score (nSPS) is 12.2. The number of nitrogens with two attached hydrogens (primary N) is 1. The van der Waals surface area contributed by atoms with E-state index in [4.69, 9.17) is 10.5 Å². The Morgan fingerprint density at radius 3 is 2.59 bits per heavy atom. The van der Waals surface area contributed by atoms with Gasteiger partial charge >= 0.3 is 0 Å². The zero-order chi connectivity index (χ0) is 25.5. The Morgan fingerprint density at radius 1 is 1.32 bits per heavy atom. The predicted molar refractivity (Wildman–Crippen MR) is 135 cm³/mol. The van der Waals surface area contributed by atoms with Crippen LogP contribution in [-0.4, -0.2) is 44.7 Å². The monoisotopic (exact) mass is 486 g/mol. The van der Waals surface area contributed by atoms with Crippen LogP contribution < -0.4 is 10.5 Å². The lowest BCUT2D eigenvalue weighted by Gasteiger charge is -2.23. The minimum absolute atomic E-state index is 0.0922. The summed E-state index contributed by atoms with van der Waals surface area (Å²) in [6, 6.07) is 5.60. The van der Waals surface area contributed by atoms with Gasteiger partial charge in [0.05, 0.1) is 18.7 Å². The van der Waals surface area contributed by atoms with Crippen LogP contribution in [0.3, 0.4) is 0 Å². The first kappa shape index (κ1) is 27.3. The Hall–Kier alpha value is -2.91. The summed E-state index contributed by atoms with van der Waals surface area (Å²) in [5.41, 5.74) is 8.53. The number of rotatable bonds is 10. The Morgan fingerprint density at radius 2 is 2.03 bits per heavy atom. The van der Waals surface area contributed by atoms with Gasteiger partial charge in [-0.3, -0.25) is 9.59 Å². The number of aliphatic hydroxyl groups is 1. The van der Waals surface area contributed by atoms with Crippen LogP contribution in [0, 0.1) is 6.92 Å².